The van der Waals surface area contributed by atoms with Gasteiger partial charge >= 0.3 is 0 Å². The molecular weight excluding hydrogens is 276 g/mol. The van der Waals surface area contributed by atoms with Crippen molar-refractivity contribution in [3.63, 3.8) is 0 Å². The summed E-state index contributed by atoms with van der Waals surface area (Å²) in [5, 5.41) is 10.1. The van der Waals surface area contributed by atoms with E-state index in [4.69, 9.17) is 11.5 Å². The quantitative estimate of drug-likeness (QED) is 0.404. The maximum absolute atomic E-state index is 11.2. The lowest BCUT2D eigenvalue weighted by molar-refractivity contribution is -0.122. The number of aliphatic hydroxyl groups is 1. The molecule has 0 radical (unpaired) electrons. The van der Waals surface area contributed by atoms with Crippen molar-refractivity contribution < 1.29 is 9.90 Å². The fourth-order valence-electron chi connectivity index (χ4n) is 2.85. The van der Waals surface area contributed by atoms with E-state index in [1.807, 2.05) is 6.92 Å². The monoisotopic (exact) mass is 314 g/mol. The van der Waals surface area contributed by atoms with Gasteiger partial charge in [0.15, 0.2) is 0 Å². The topological polar surface area (TPSA) is 89.3 Å². The normalized spacial score (nSPS) is 15.5. The fourth-order valence-corrected chi connectivity index (χ4v) is 2.85. The summed E-state index contributed by atoms with van der Waals surface area (Å²) in [7, 11) is 0. The second kappa shape index (κ2) is 14.0. The van der Waals surface area contributed by atoms with E-state index in [2.05, 4.69) is 6.92 Å². The Kier molecular flexibility index (Phi) is 13.6. The smallest absolute Gasteiger partial charge is 0.220 e. The largest absolute Gasteiger partial charge is 0.392 e. The third kappa shape index (κ3) is 11.0. The summed E-state index contributed by atoms with van der Waals surface area (Å²) in [6.07, 6.45) is 12.8. The Hall–Kier alpha value is -0.610. The SMILES string of the molecule is CCCCCCCCCCCC(O)C(N)C[C@@H](CC)C(N)=O. The van der Waals surface area contributed by atoms with Gasteiger partial charge in [-0.25, -0.2) is 0 Å². The van der Waals surface area contributed by atoms with Gasteiger partial charge in [-0.3, -0.25) is 4.79 Å². The highest BCUT2D eigenvalue weighted by Gasteiger charge is 2.21. The van der Waals surface area contributed by atoms with Crippen LogP contribution in [0, 0.1) is 5.92 Å². The minimum atomic E-state index is -0.516. The number of carbonyl (C=O) groups excluding carboxylic acids is 1. The van der Waals surface area contributed by atoms with Crippen molar-refractivity contribution in [2.45, 2.75) is 103 Å². The minimum Gasteiger partial charge on any atom is -0.392 e. The van der Waals surface area contributed by atoms with E-state index in [-0.39, 0.29) is 17.9 Å². The molecule has 0 heterocycles. The number of nitrogens with two attached hydrogens (primary N) is 2. The van der Waals surface area contributed by atoms with Crippen LogP contribution in [0.25, 0.3) is 0 Å². The zero-order valence-corrected chi connectivity index (χ0v) is 14.7. The second-order valence-corrected chi connectivity index (χ2v) is 6.59. The Balaban J connectivity index is 3.59. The molecule has 0 aromatic rings. The highest BCUT2D eigenvalue weighted by atomic mass is 16.3. The number of aliphatic hydroxyl groups excluding tert-OH is 1. The van der Waals surface area contributed by atoms with Gasteiger partial charge in [-0.1, -0.05) is 71.6 Å². The number of hydrogen-bond donors (Lipinski definition) is 3. The van der Waals surface area contributed by atoms with E-state index in [9.17, 15) is 9.90 Å². The van der Waals surface area contributed by atoms with Crippen LogP contribution in [0.5, 0.6) is 0 Å². The van der Waals surface area contributed by atoms with Crippen LogP contribution in [0.1, 0.15) is 90.9 Å². The molecule has 0 fully saturated rings. The molecule has 1 amide bonds. The molecule has 2 unspecified atom stereocenters. The Labute approximate surface area is 137 Å². The third-order valence-electron chi connectivity index (χ3n) is 4.55. The Morgan fingerprint density at radius 2 is 1.45 bits per heavy atom. The molecule has 0 aliphatic heterocycles. The molecule has 0 aromatic heterocycles. The lowest BCUT2D eigenvalue weighted by Crippen LogP contribution is -2.39. The molecule has 0 saturated carbocycles. The van der Waals surface area contributed by atoms with Crippen LogP contribution < -0.4 is 11.5 Å². The van der Waals surface area contributed by atoms with E-state index < -0.39 is 6.10 Å². The molecule has 4 nitrogen and oxygen atoms in total. The van der Waals surface area contributed by atoms with Gasteiger partial charge in [0.05, 0.1) is 6.10 Å². The molecule has 0 spiro atoms. The van der Waals surface area contributed by atoms with Crippen molar-refractivity contribution >= 4 is 5.91 Å². The average molecular weight is 315 g/mol. The van der Waals surface area contributed by atoms with Crippen LogP contribution in [0.3, 0.4) is 0 Å². The second-order valence-electron chi connectivity index (χ2n) is 6.59. The number of unbranched alkanes of at least 4 members (excludes halogenated alkanes) is 8. The van der Waals surface area contributed by atoms with E-state index in [0.29, 0.717) is 12.8 Å². The predicted octanol–water partition coefficient (Wildman–Crippen LogP) is 3.50. The number of hydrogen-bond acceptors (Lipinski definition) is 3. The van der Waals surface area contributed by atoms with Gasteiger partial charge in [0.2, 0.25) is 5.91 Å². The van der Waals surface area contributed by atoms with E-state index in [1.54, 1.807) is 0 Å². The molecule has 3 atom stereocenters. The molecule has 0 aliphatic carbocycles. The van der Waals surface area contributed by atoms with Crippen LogP contribution in [-0.2, 0) is 4.79 Å². The first-order chi connectivity index (χ1) is 10.5. The van der Waals surface area contributed by atoms with Gasteiger partial charge in [0.1, 0.15) is 0 Å². The third-order valence-corrected chi connectivity index (χ3v) is 4.55. The summed E-state index contributed by atoms with van der Waals surface area (Å²) in [6, 6.07) is -0.341. The molecule has 0 aromatic carbocycles. The van der Waals surface area contributed by atoms with Crippen molar-refractivity contribution in [2.24, 2.45) is 17.4 Å². The van der Waals surface area contributed by atoms with Crippen LogP contribution in [0.4, 0.5) is 0 Å². The lowest BCUT2D eigenvalue weighted by Gasteiger charge is -2.22. The van der Waals surface area contributed by atoms with Crippen LogP contribution in [-0.4, -0.2) is 23.2 Å². The first-order valence-corrected chi connectivity index (χ1v) is 9.25. The van der Waals surface area contributed by atoms with Crippen LogP contribution >= 0.6 is 0 Å². The summed E-state index contributed by atoms with van der Waals surface area (Å²) < 4.78 is 0. The number of primary amides is 1. The Morgan fingerprint density at radius 3 is 1.91 bits per heavy atom. The minimum absolute atomic E-state index is 0.215. The summed E-state index contributed by atoms with van der Waals surface area (Å²) >= 11 is 0. The molecule has 4 heteroatoms. The molecule has 0 saturated heterocycles. The van der Waals surface area contributed by atoms with Crippen molar-refractivity contribution in [1.82, 2.24) is 0 Å². The van der Waals surface area contributed by atoms with Crippen molar-refractivity contribution in [3.05, 3.63) is 0 Å². The highest BCUT2D eigenvalue weighted by molar-refractivity contribution is 5.76. The Bertz CT molecular complexity index is 272. The molecule has 22 heavy (non-hydrogen) atoms. The summed E-state index contributed by atoms with van der Waals surface area (Å²) in [5.74, 6) is -0.527. The first-order valence-electron chi connectivity index (χ1n) is 9.25. The zero-order valence-electron chi connectivity index (χ0n) is 14.7. The van der Waals surface area contributed by atoms with Crippen molar-refractivity contribution in [2.75, 3.05) is 0 Å². The molecule has 0 rings (SSSR count). The highest BCUT2D eigenvalue weighted by Crippen LogP contribution is 2.16. The van der Waals surface area contributed by atoms with E-state index in [0.717, 1.165) is 19.3 Å². The van der Waals surface area contributed by atoms with E-state index in [1.165, 1.54) is 44.9 Å². The molecule has 5 N–H and O–H groups in total. The van der Waals surface area contributed by atoms with Gasteiger partial charge in [0, 0.05) is 12.0 Å². The van der Waals surface area contributed by atoms with Gasteiger partial charge in [0.25, 0.3) is 0 Å². The van der Waals surface area contributed by atoms with E-state index >= 15 is 0 Å². The van der Waals surface area contributed by atoms with Gasteiger partial charge in [-0.15, -0.1) is 0 Å². The molecule has 132 valence electrons. The summed E-state index contributed by atoms with van der Waals surface area (Å²) in [4.78, 5) is 11.2. The van der Waals surface area contributed by atoms with Crippen molar-refractivity contribution in [3.8, 4) is 0 Å². The summed E-state index contributed by atoms with van der Waals surface area (Å²) in [5.41, 5.74) is 11.3. The standard InChI is InChI=1S/C18H38N2O2/c1-3-5-6-7-8-9-10-11-12-13-17(21)16(19)14-15(4-2)18(20)22/h15-17,21H,3-14,19H2,1-2H3,(H2,20,22)/t15-,16?,17?/m1/s1. The van der Waals surface area contributed by atoms with Crippen LogP contribution in [0.2, 0.25) is 0 Å². The van der Waals surface area contributed by atoms with Gasteiger partial charge in [-0.05, 0) is 19.3 Å². The lowest BCUT2D eigenvalue weighted by atomic mass is 9.92. The maximum Gasteiger partial charge on any atom is 0.220 e. The van der Waals surface area contributed by atoms with Crippen LogP contribution in [0.15, 0.2) is 0 Å². The first kappa shape index (κ1) is 21.4. The number of carbonyl (C=O) groups is 1. The predicted molar refractivity (Wildman–Crippen MR) is 93.4 cm³/mol. The van der Waals surface area contributed by atoms with Gasteiger partial charge < -0.3 is 16.6 Å². The maximum atomic E-state index is 11.2. The van der Waals surface area contributed by atoms with Gasteiger partial charge in [-0.2, -0.15) is 0 Å². The zero-order chi connectivity index (χ0) is 16.8. The average Bonchev–Trinajstić information content (AvgIpc) is 2.50. The number of rotatable bonds is 15. The molecule has 0 bridgehead atoms. The fraction of sp³-hybridized carbons (Fsp3) is 0.944. The Morgan fingerprint density at radius 1 is 0.955 bits per heavy atom. The molecule has 0 aliphatic rings. The summed E-state index contributed by atoms with van der Waals surface area (Å²) in [6.45, 7) is 4.16. The van der Waals surface area contributed by atoms with Crippen molar-refractivity contribution in [1.29, 1.82) is 0 Å². The molecular formula is C18H38N2O2. The number of amides is 1.